The molecule has 0 heterocycles. The van der Waals surface area contributed by atoms with Gasteiger partial charge in [0, 0.05) is 32.1 Å². The summed E-state index contributed by atoms with van der Waals surface area (Å²) in [5, 5.41) is 66.3. The van der Waals surface area contributed by atoms with Crippen LogP contribution in [0.5, 0.6) is 0 Å². The summed E-state index contributed by atoms with van der Waals surface area (Å²) in [4.78, 5) is 51.3. The molecule has 0 amide bonds. The highest BCUT2D eigenvalue weighted by Gasteiger charge is 2.02. The van der Waals surface area contributed by atoms with E-state index in [2.05, 4.69) is 34.6 Å². The molecule has 0 unspecified atom stereocenters. The number of carbonyl (C=O) groups is 5. The van der Waals surface area contributed by atoms with Crippen molar-refractivity contribution >= 4 is 29.8 Å². The number of rotatable bonds is 62. The third-order valence-electron chi connectivity index (χ3n) is 15.4. The van der Waals surface area contributed by atoms with E-state index in [9.17, 15) is 24.0 Å². The molecule has 13 heteroatoms. The Morgan fingerprint density at radius 2 is 0.291 bits per heavy atom. The molecule has 0 fully saturated rings. The van der Waals surface area contributed by atoms with Gasteiger partial charge in [0.1, 0.15) is 6.10 Å². The number of aliphatic hydroxyl groups is 3. The Morgan fingerprint density at radius 1 is 0.198 bits per heavy atom. The Morgan fingerprint density at radius 3 is 0.360 bits per heavy atom. The summed E-state index contributed by atoms with van der Waals surface area (Å²) in [5.74, 6) is -3.28. The minimum atomic E-state index is -0.954. The topological polar surface area (TPSA) is 247 Å². The van der Waals surface area contributed by atoms with Crippen molar-refractivity contribution in [3.63, 3.8) is 0 Å². The van der Waals surface area contributed by atoms with Crippen LogP contribution in [0.2, 0.25) is 0 Å². The van der Waals surface area contributed by atoms with Crippen LogP contribution in [0.1, 0.15) is 420 Å². The van der Waals surface area contributed by atoms with Gasteiger partial charge in [-0.25, -0.2) is 0 Å². The van der Waals surface area contributed by atoms with Gasteiger partial charge < -0.3 is 40.9 Å². The zero-order chi connectivity index (χ0) is 65.3. The molecular weight excluding hydrogens is 1080 g/mol. The van der Waals surface area contributed by atoms with Crippen LogP contribution in [0.15, 0.2) is 0 Å². The minimum Gasteiger partial charge on any atom is -0.481 e. The van der Waals surface area contributed by atoms with Crippen LogP contribution >= 0.6 is 0 Å². The van der Waals surface area contributed by atoms with Crippen molar-refractivity contribution in [3.05, 3.63) is 0 Å². The van der Waals surface area contributed by atoms with Gasteiger partial charge in [0.05, 0.1) is 13.2 Å². The van der Waals surface area contributed by atoms with Crippen molar-refractivity contribution in [3.8, 4) is 0 Å². The van der Waals surface area contributed by atoms with Crippen LogP contribution in [0, 0.1) is 0 Å². The number of unbranched alkanes of at least 4 members (excludes halogenated alkanes) is 50. The summed E-state index contributed by atoms with van der Waals surface area (Å²) >= 11 is 0. The van der Waals surface area contributed by atoms with Gasteiger partial charge in [-0.05, 0) is 32.1 Å². The van der Waals surface area contributed by atoms with Crippen molar-refractivity contribution in [2.45, 2.75) is 426 Å². The van der Waals surface area contributed by atoms with Gasteiger partial charge in [0.2, 0.25) is 0 Å². The third kappa shape index (κ3) is 119. The molecule has 0 rings (SSSR count). The third-order valence-corrected chi connectivity index (χ3v) is 15.4. The Hall–Kier alpha value is -2.77. The van der Waals surface area contributed by atoms with Gasteiger partial charge in [-0.1, -0.05) is 356 Å². The molecule has 0 saturated carbocycles. The first-order chi connectivity index (χ1) is 41.7. The molecule has 86 heavy (non-hydrogen) atoms. The molecule has 0 aromatic carbocycles. The molecular formula is C73H148O13. The predicted octanol–water partition coefficient (Wildman–Crippen LogP) is 22.2. The van der Waals surface area contributed by atoms with E-state index in [0.29, 0.717) is 32.1 Å². The van der Waals surface area contributed by atoms with Gasteiger partial charge in [-0.15, -0.1) is 0 Å². The van der Waals surface area contributed by atoms with E-state index in [1.165, 1.54) is 289 Å². The first kappa shape index (κ1) is 94.4. The van der Waals surface area contributed by atoms with E-state index in [1.807, 2.05) is 0 Å². The zero-order valence-electron chi connectivity index (χ0n) is 57.5. The number of carboxylic acid groups (broad SMARTS) is 5. The van der Waals surface area contributed by atoms with Crippen molar-refractivity contribution in [1.29, 1.82) is 0 Å². The Labute approximate surface area is 531 Å². The summed E-state index contributed by atoms with van der Waals surface area (Å²) in [6, 6.07) is 0. The maximum Gasteiger partial charge on any atom is 0.303 e. The van der Waals surface area contributed by atoms with Crippen LogP contribution in [0.25, 0.3) is 0 Å². The molecule has 0 bridgehead atoms. The van der Waals surface area contributed by atoms with Gasteiger partial charge >= 0.3 is 29.8 Å². The van der Waals surface area contributed by atoms with E-state index < -0.39 is 36.0 Å². The first-order valence-corrected chi connectivity index (χ1v) is 36.6. The largest absolute Gasteiger partial charge is 0.481 e. The summed E-state index contributed by atoms with van der Waals surface area (Å²) in [7, 11) is 0. The fraction of sp³-hybridized carbons (Fsp3) is 0.932. The number of carboxylic acids is 5. The highest BCUT2D eigenvalue weighted by Crippen LogP contribution is 2.16. The van der Waals surface area contributed by atoms with Crippen LogP contribution in [0.3, 0.4) is 0 Å². The Balaban J connectivity index is -0.000000227. The Bertz CT molecular complexity index is 1070. The van der Waals surface area contributed by atoms with Gasteiger partial charge in [0.15, 0.2) is 0 Å². The first-order valence-electron chi connectivity index (χ1n) is 36.6. The monoisotopic (exact) mass is 1230 g/mol. The van der Waals surface area contributed by atoms with Gasteiger partial charge in [-0.3, -0.25) is 24.0 Å². The number of hydrogen-bond donors (Lipinski definition) is 8. The summed E-state index contributed by atoms with van der Waals surface area (Å²) in [6.45, 7) is 10.5. The molecule has 8 N–H and O–H groups in total. The average molecular weight is 1230 g/mol. The second kappa shape index (κ2) is 91.0. The van der Waals surface area contributed by atoms with E-state index in [0.717, 1.165) is 64.2 Å². The maximum absolute atomic E-state index is 10.3. The fourth-order valence-corrected chi connectivity index (χ4v) is 9.76. The quantitative estimate of drug-likeness (QED) is 0.0264. The van der Waals surface area contributed by atoms with E-state index in [1.54, 1.807) is 0 Å². The van der Waals surface area contributed by atoms with Crippen LogP contribution in [0.4, 0.5) is 0 Å². The molecule has 0 aromatic rings. The lowest BCUT2D eigenvalue weighted by molar-refractivity contribution is -0.138. The fourth-order valence-electron chi connectivity index (χ4n) is 9.76. The molecule has 0 saturated heterocycles. The molecule has 0 aromatic heterocycles. The minimum absolute atomic E-state index is 0.344. The van der Waals surface area contributed by atoms with Crippen molar-refractivity contribution in [1.82, 2.24) is 0 Å². The number of hydrogen-bond acceptors (Lipinski definition) is 8. The summed E-state index contributed by atoms with van der Waals surface area (Å²) in [6.07, 6.45) is 70.8. The van der Waals surface area contributed by atoms with Crippen LogP contribution < -0.4 is 0 Å². The molecule has 518 valence electrons. The van der Waals surface area contributed by atoms with Gasteiger partial charge in [0.25, 0.3) is 0 Å². The summed E-state index contributed by atoms with van der Waals surface area (Å²) in [5.41, 5.74) is 0. The highest BCUT2D eigenvalue weighted by molar-refractivity contribution is 5.67. The average Bonchev–Trinajstić information content (AvgIpc) is 3.48. The maximum atomic E-state index is 10.3. The lowest BCUT2D eigenvalue weighted by Gasteiger charge is -2.01. The second-order valence-electron chi connectivity index (χ2n) is 24.4. The van der Waals surface area contributed by atoms with E-state index in [-0.39, 0.29) is 13.2 Å². The number of aliphatic hydroxyl groups excluding tert-OH is 3. The van der Waals surface area contributed by atoms with Crippen LogP contribution in [-0.4, -0.2) is 90.0 Å². The highest BCUT2D eigenvalue weighted by atomic mass is 16.4. The van der Waals surface area contributed by atoms with Crippen LogP contribution in [-0.2, 0) is 24.0 Å². The molecule has 0 aliphatic heterocycles. The van der Waals surface area contributed by atoms with Crippen molar-refractivity contribution < 1.29 is 64.8 Å². The summed E-state index contributed by atoms with van der Waals surface area (Å²) < 4.78 is 0. The van der Waals surface area contributed by atoms with E-state index >= 15 is 0 Å². The SMILES string of the molecule is CCCCCCCCCCCCCC(=O)O.CCCCCCCCCCCCCC(=O)O.CCCCCCCCCCCCCC(=O)O.CCCCCCCCCCCCCC(=O)O.CCCCCCCCCCCCCC(=O)O.OCC(O)CO. The zero-order valence-corrected chi connectivity index (χ0v) is 57.5. The van der Waals surface area contributed by atoms with Crippen molar-refractivity contribution in [2.24, 2.45) is 0 Å². The molecule has 13 nitrogen and oxygen atoms in total. The standard InChI is InChI=1S/5C14H28O2.C3H8O3/c5*1-2-3-4-5-6-7-8-9-10-11-12-13-14(15)16;4-1-3(6)2-5/h5*2-13H2,1H3,(H,15,16);3-6H,1-2H2. The smallest absolute Gasteiger partial charge is 0.303 e. The molecule has 0 atom stereocenters. The second-order valence-corrected chi connectivity index (χ2v) is 24.4. The molecule has 0 aliphatic rings. The predicted molar refractivity (Wildman–Crippen MR) is 364 cm³/mol. The van der Waals surface area contributed by atoms with Crippen molar-refractivity contribution in [2.75, 3.05) is 13.2 Å². The molecule has 0 radical (unpaired) electrons. The molecule has 0 spiro atoms. The lowest BCUT2D eigenvalue weighted by Crippen LogP contribution is -2.15. The Kier molecular flexibility index (Phi) is 99.8. The normalized spacial score (nSPS) is 10.5. The van der Waals surface area contributed by atoms with Gasteiger partial charge in [-0.2, -0.15) is 0 Å². The number of aliphatic carboxylic acids is 5. The van der Waals surface area contributed by atoms with E-state index in [4.69, 9.17) is 40.9 Å². The lowest BCUT2D eigenvalue weighted by atomic mass is 10.1. The molecule has 0 aliphatic carbocycles.